The van der Waals surface area contributed by atoms with Gasteiger partial charge in [0.1, 0.15) is 11.9 Å². The normalized spacial score (nSPS) is 12.2. The van der Waals surface area contributed by atoms with E-state index in [1.807, 2.05) is 0 Å². The van der Waals surface area contributed by atoms with Gasteiger partial charge in [-0.1, -0.05) is 0 Å². The smallest absolute Gasteiger partial charge is 0.325 e. The maximum atomic E-state index is 13.2. The molecule has 1 atom stereocenters. The highest BCUT2D eigenvalue weighted by Gasteiger charge is 2.18. The zero-order chi connectivity index (χ0) is 14.9. The van der Waals surface area contributed by atoms with E-state index in [0.717, 1.165) is 0 Å². The van der Waals surface area contributed by atoms with Gasteiger partial charge in [0.15, 0.2) is 0 Å². The molecular weight excluding hydrogens is 263 g/mol. The Morgan fingerprint density at radius 2 is 2.05 bits per heavy atom. The quantitative estimate of drug-likeness (QED) is 0.897. The van der Waals surface area contributed by atoms with Crippen molar-refractivity contribution in [3.8, 4) is 0 Å². The van der Waals surface area contributed by atoms with Gasteiger partial charge in [-0.25, -0.2) is 4.39 Å². The van der Waals surface area contributed by atoms with E-state index in [4.69, 9.17) is 5.11 Å². The number of carboxylic acids is 1. The van der Waals surface area contributed by atoms with Crippen molar-refractivity contribution in [2.24, 2.45) is 0 Å². The molecule has 0 aliphatic heterocycles. The van der Waals surface area contributed by atoms with E-state index in [0.29, 0.717) is 16.6 Å². The minimum atomic E-state index is -1.13. The Morgan fingerprint density at radius 1 is 1.35 bits per heavy atom. The zero-order valence-electron chi connectivity index (χ0n) is 11.0. The first-order chi connectivity index (χ1) is 9.38. The highest BCUT2D eigenvalue weighted by molar-refractivity contribution is 6.07. The first-order valence-corrected chi connectivity index (χ1v) is 5.99. The minimum Gasteiger partial charge on any atom is -0.480 e. The Kier molecular flexibility index (Phi) is 3.65. The average Bonchev–Trinajstić information content (AvgIpc) is 2.36. The van der Waals surface area contributed by atoms with Crippen LogP contribution >= 0.6 is 0 Å². The monoisotopic (exact) mass is 276 g/mol. The van der Waals surface area contributed by atoms with Gasteiger partial charge < -0.3 is 10.4 Å². The van der Waals surface area contributed by atoms with Gasteiger partial charge in [-0.05, 0) is 32.0 Å². The van der Waals surface area contributed by atoms with Crippen molar-refractivity contribution in [1.29, 1.82) is 0 Å². The van der Waals surface area contributed by atoms with Crippen LogP contribution in [0.3, 0.4) is 0 Å². The molecule has 6 heteroatoms. The van der Waals surface area contributed by atoms with Gasteiger partial charge in [0.2, 0.25) is 0 Å². The first-order valence-electron chi connectivity index (χ1n) is 5.99. The number of aromatic nitrogens is 1. The SMILES string of the molecule is Cc1cc(C(=O)N[C@@H](C)C(=O)O)c2ccc(F)cc2n1. The maximum Gasteiger partial charge on any atom is 0.325 e. The van der Waals surface area contributed by atoms with Crippen LogP contribution in [-0.2, 0) is 4.79 Å². The van der Waals surface area contributed by atoms with Gasteiger partial charge in [0, 0.05) is 17.1 Å². The summed E-state index contributed by atoms with van der Waals surface area (Å²) in [6.07, 6.45) is 0. The third kappa shape index (κ3) is 2.74. The number of hydrogen-bond donors (Lipinski definition) is 2. The second-order valence-corrected chi connectivity index (χ2v) is 4.51. The highest BCUT2D eigenvalue weighted by Crippen LogP contribution is 2.19. The molecule has 0 fully saturated rings. The third-order valence-corrected chi connectivity index (χ3v) is 2.86. The van der Waals surface area contributed by atoms with Crippen molar-refractivity contribution in [2.75, 3.05) is 0 Å². The van der Waals surface area contributed by atoms with E-state index in [-0.39, 0.29) is 5.56 Å². The van der Waals surface area contributed by atoms with Gasteiger partial charge >= 0.3 is 5.97 Å². The number of halogens is 1. The molecule has 0 unspecified atom stereocenters. The first kappa shape index (κ1) is 13.9. The van der Waals surface area contributed by atoms with E-state index >= 15 is 0 Å². The van der Waals surface area contributed by atoms with Crippen LogP contribution in [0.15, 0.2) is 24.3 Å². The lowest BCUT2D eigenvalue weighted by Crippen LogP contribution is -2.38. The summed E-state index contributed by atoms with van der Waals surface area (Å²) < 4.78 is 13.2. The molecule has 0 aliphatic carbocycles. The lowest BCUT2D eigenvalue weighted by atomic mass is 10.1. The summed E-state index contributed by atoms with van der Waals surface area (Å²) in [4.78, 5) is 27.0. The molecule has 0 saturated heterocycles. The van der Waals surface area contributed by atoms with E-state index in [1.54, 1.807) is 13.0 Å². The number of pyridine rings is 1. The molecule has 2 N–H and O–H groups in total. The topological polar surface area (TPSA) is 79.3 Å². The van der Waals surface area contributed by atoms with Crippen LogP contribution in [0.4, 0.5) is 4.39 Å². The molecule has 0 spiro atoms. The van der Waals surface area contributed by atoms with Crippen molar-refractivity contribution in [1.82, 2.24) is 10.3 Å². The van der Waals surface area contributed by atoms with Crippen LogP contribution in [0.1, 0.15) is 23.0 Å². The number of rotatable bonds is 3. The molecule has 0 radical (unpaired) electrons. The summed E-state index contributed by atoms with van der Waals surface area (Å²) in [6, 6.07) is 4.46. The van der Waals surface area contributed by atoms with E-state index in [9.17, 15) is 14.0 Å². The van der Waals surface area contributed by atoms with E-state index < -0.39 is 23.7 Å². The van der Waals surface area contributed by atoms with Gasteiger partial charge in [-0.15, -0.1) is 0 Å². The van der Waals surface area contributed by atoms with Crippen LogP contribution in [0.2, 0.25) is 0 Å². The molecule has 1 aromatic carbocycles. The third-order valence-electron chi connectivity index (χ3n) is 2.86. The number of aliphatic carboxylic acids is 1. The van der Waals surface area contributed by atoms with E-state index in [1.165, 1.54) is 25.1 Å². The molecule has 1 aromatic heterocycles. The fourth-order valence-electron chi connectivity index (χ4n) is 1.86. The summed E-state index contributed by atoms with van der Waals surface area (Å²) in [5.41, 5.74) is 1.19. The molecule has 1 amide bonds. The number of nitrogens with one attached hydrogen (secondary N) is 1. The summed E-state index contributed by atoms with van der Waals surface area (Å²) in [5.74, 6) is -2.10. The molecule has 1 heterocycles. The van der Waals surface area contributed by atoms with Gasteiger partial charge in [0.25, 0.3) is 5.91 Å². The summed E-state index contributed by atoms with van der Waals surface area (Å²) in [6.45, 7) is 3.05. The van der Waals surface area contributed by atoms with Crippen molar-refractivity contribution in [3.63, 3.8) is 0 Å². The minimum absolute atomic E-state index is 0.278. The number of carbonyl (C=O) groups is 2. The number of fused-ring (bicyclic) bond motifs is 1. The van der Waals surface area contributed by atoms with Crippen LogP contribution in [0, 0.1) is 12.7 Å². The lowest BCUT2D eigenvalue weighted by Gasteiger charge is -2.11. The van der Waals surface area contributed by atoms with Crippen LogP contribution in [-0.4, -0.2) is 28.0 Å². The molecule has 0 bridgehead atoms. The molecular formula is C14H13FN2O3. The number of amides is 1. The molecule has 104 valence electrons. The number of aryl methyl sites for hydroxylation is 1. The van der Waals surface area contributed by atoms with Crippen LogP contribution < -0.4 is 5.32 Å². The molecule has 0 saturated carbocycles. The largest absolute Gasteiger partial charge is 0.480 e. The lowest BCUT2D eigenvalue weighted by molar-refractivity contribution is -0.138. The second-order valence-electron chi connectivity index (χ2n) is 4.51. The fraction of sp³-hybridized carbons (Fsp3) is 0.214. The second kappa shape index (κ2) is 5.24. The Labute approximate surface area is 114 Å². The average molecular weight is 276 g/mol. The number of carbonyl (C=O) groups excluding carboxylic acids is 1. The number of nitrogens with zero attached hydrogens (tertiary/aromatic N) is 1. The van der Waals surface area contributed by atoms with Gasteiger partial charge in [-0.3, -0.25) is 14.6 Å². The van der Waals surface area contributed by atoms with Crippen molar-refractivity contribution in [3.05, 3.63) is 41.3 Å². The van der Waals surface area contributed by atoms with Crippen LogP contribution in [0.25, 0.3) is 10.9 Å². The number of hydrogen-bond acceptors (Lipinski definition) is 3. The summed E-state index contributed by atoms with van der Waals surface area (Å²) >= 11 is 0. The molecule has 20 heavy (non-hydrogen) atoms. The van der Waals surface area contributed by atoms with Crippen molar-refractivity contribution >= 4 is 22.8 Å². The van der Waals surface area contributed by atoms with Gasteiger partial charge in [-0.2, -0.15) is 0 Å². The van der Waals surface area contributed by atoms with Gasteiger partial charge in [0.05, 0.1) is 11.1 Å². The predicted octanol–water partition coefficient (Wildman–Crippen LogP) is 1.89. The molecule has 0 aliphatic rings. The number of benzene rings is 1. The standard InChI is InChI=1S/C14H13FN2O3/c1-7-5-11(13(18)17-8(2)14(19)20)10-4-3-9(15)6-12(10)16-7/h3-6,8H,1-2H3,(H,17,18)(H,19,20)/t8-/m0/s1. The Bertz CT molecular complexity index is 695. The fourth-order valence-corrected chi connectivity index (χ4v) is 1.86. The Hall–Kier alpha value is -2.50. The zero-order valence-corrected chi connectivity index (χ0v) is 11.0. The van der Waals surface area contributed by atoms with Crippen molar-refractivity contribution < 1.29 is 19.1 Å². The highest BCUT2D eigenvalue weighted by atomic mass is 19.1. The van der Waals surface area contributed by atoms with Crippen molar-refractivity contribution in [2.45, 2.75) is 19.9 Å². The van der Waals surface area contributed by atoms with E-state index in [2.05, 4.69) is 10.3 Å². The molecule has 2 aromatic rings. The molecule has 2 rings (SSSR count). The number of carboxylic acid groups (broad SMARTS) is 1. The Balaban J connectivity index is 2.48. The molecule has 5 nitrogen and oxygen atoms in total. The summed E-state index contributed by atoms with van der Waals surface area (Å²) in [5, 5.41) is 11.7. The maximum absolute atomic E-state index is 13.2. The Morgan fingerprint density at radius 3 is 2.70 bits per heavy atom. The van der Waals surface area contributed by atoms with Crippen LogP contribution in [0.5, 0.6) is 0 Å². The predicted molar refractivity (Wildman–Crippen MR) is 71.0 cm³/mol. The summed E-state index contributed by atoms with van der Waals surface area (Å²) in [7, 11) is 0.